The molecule has 3 aliphatic carbocycles. The fourth-order valence-corrected chi connectivity index (χ4v) is 8.29. The molecule has 0 aliphatic heterocycles. The van der Waals surface area contributed by atoms with Crippen molar-refractivity contribution in [1.29, 1.82) is 0 Å². The van der Waals surface area contributed by atoms with E-state index in [9.17, 15) is 14.4 Å². The second-order valence-corrected chi connectivity index (χ2v) is 13.7. The minimum Gasteiger partial charge on any atom is -0.464 e. The van der Waals surface area contributed by atoms with Gasteiger partial charge in [0.15, 0.2) is 0 Å². The molecule has 0 aromatic rings. The van der Waals surface area contributed by atoms with E-state index in [0.717, 1.165) is 51.4 Å². The number of carbonyl (C=O) groups is 3. The lowest BCUT2D eigenvalue weighted by Crippen LogP contribution is -2.42. The molecule has 238 valence electrons. The van der Waals surface area contributed by atoms with E-state index in [0.29, 0.717) is 44.9 Å². The van der Waals surface area contributed by atoms with Crippen molar-refractivity contribution in [2.24, 2.45) is 33.5 Å². The Labute approximate surface area is 254 Å². The Balaban J connectivity index is 1.37. The van der Waals surface area contributed by atoms with E-state index in [-0.39, 0.29) is 34.2 Å². The predicted molar refractivity (Wildman–Crippen MR) is 164 cm³/mol. The van der Waals surface area contributed by atoms with Crippen LogP contribution in [-0.2, 0) is 19.0 Å². The first-order valence-electron chi connectivity index (χ1n) is 16.4. The van der Waals surface area contributed by atoms with Crippen LogP contribution in [0.2, 0.25) is 0 Å². The average Bonchev–Trinajstić information content (AvgIpc) is 3.59. The van der Waals surface area contributed by atoms with Gasteiger partial charge in [-0.3, -0.25) is 0 Å². The molecule has 3 aliphatic rings. The SMILES string of the molecule is CCC[C@@]1(C)C(COC(=O)NCCCC[C@@H](NC(=O)OCC2[C@]3(C)CCC#CCC[C@]23C)C(=O)OCC)[C@@]1(C)CCC. The molecule has 2 fully saturated rings. The normalized spacial score (nSPS) is 33.4. The molecule has 0 aromatic carbocycles. The Morgan fingerprint density at radius 3 is 1.88 bits per heavy atom. The van der Waals surface area contributed by atoms with Crippen molar-refractivity contribution < 1.29 is 28.6 Å². The van der Waals surface area contributed by atoms with Crippen LogP contribution in [0.1, 0.15) is 119 Å². The molecule has 0 heterocycles. The molecule has 0 bridgehead atoms. The Morgan fingerprint density at radius 1 is 0.786 bits per heavy atom. The fourth-order valence-electron chi connectivity index (χ4n) is 8.29. The Morgan fingerprint density at radius 2 is 1.33 bits per heavy atom. The van der Waals surface area contributed by atoms with E-state index < -0.39 is 24.2 Å². The van der Waals surface area contributed by atoms with E-state index in [1.165, 1.54) is 0 Å². The van der Waals surface area contributed by atoms with Crippen LogP contribution in [0.3, 0.4) is 0 Å². The Kier molecular flexibility index (Phi) is 11.6. The zero-order chi connectivity index (χ0) is 31.0. The summed E-state index contributed by atoms with van der Waals surface area (Å²) >= 11 is 0. The lowest BCUT2D eigenvalue weighted by Gasteiger charge is -2.17. The van der Waals surface area contributed by atoms with Gasteiger partial charge in [-0.1, -0.05) is 54.4 Å². The molecular weight excluding hydrogens is 532 g/mol. The summed E-state index contributed by atoms with van der Waals surface area (Å²) in [5.41, 5.74) is 0.712. The predicted octanol–water partition coefficient (Wildman–Crippen LogP) is 7.00. The van der Waals surface area contributed by atoms with Crippen molar-refractivity contribution in [1.82, 2.24) is 10.6 Å². The first-order chi connectivity index (χ1) is 19.9. The summed E-state index contributed by atoms with van der Waals surface area (Å²) in [7, 11) is 0. The molecule has 8 nitrogen and oxygen atoms in total. The Hall–Kier alpha value is -2.43. The maximum absolute atomic E-state index is 12.7. The van der Waals surface area contributed by atoms with Crippen LogP contribution < -0.4 is 10.6 Å². The van der Waals surface area contributed by atoms with Crippen LogP contribution in [0, 0.1) is 45.3 Å². The van der Waals surface area contributed by atoms with Crippen LogP contribution in [0.5, 0.6) is 0 Å². The number of alkyl carbamates (subject to hydrolysis) is 2. The van der Waals surface area contributed by atoms with Gasteiger partial charge < -0.3 is 24.8 Å². The summed E-state index contributed by atoms with van der Waals surface area (Å²) in [5, 5.41) is 5.55. The zero-order valence-electron chi connectivity index (χ0n) is 27.3. The number of esters is 1. The standard InChI is InChI=1S/C34H56N2O6/c1-8-18-31(4)26(32(31,5)19-9-2)23-41-29(38)35-22-16-13-17-25(28(37)40-10-3)36-30(39)42-24-27-33(6)20-14-11-12-15-21-34(27,33)7/h25-27H,8-10,13-24H2,1-7H3,(H,35,38)(H,36,39)/t25-,26?,27?,31-,32+,33-,34+/m1/s1. The molecule has 0 radical (unpaired) electrons. The minimum absolute atomic E-state index is 0.125. The van der Waals surface area contributed by atoms with Gasteiger partial charge in [0.25, 0.3) is 0 Å². The van der Waals surface area contributed by atoms with Gasteiger partial charge in [0.2, 0.25) is 0 Å². The molecule has 0 spiro atoms. The molecule has 7 atom stereocenters. The van der Waals surface area contributed by atoms with Crippen LogP contribution in [-0.4, -0.2) is 50.6 Å². The summed E-state index contributed by atoms with van der Waals surface area (Å²) in [4.78, 5) is 37.6. The quantitative estimate of drug-likeness (QED) is 0.0871. The van der Waals surface area contributed by atoms with Gasteiger partial charge in [0.1, 0.15) is 6.04 Å². The summed E-state index contributed by atoms with van der Waals surface area (Å²) in [6, 6.07) is -0.792. The number of rotatable bonds is 16. The number of carbonyl (C=O) groups excluding carboxylic acids is 3. The van der Waals surface area contributed by atoms with E-state index in [1.54, 1.807) is 6.92 Å². The minimum atomic E-state index is -0.792. The maximum atomic E-state index is 12.7. The van der Waals surface area contributed by atoms with Crippen molar-refractivity contribution in [2.75, 3.05) is 26.4 Å². The number of nitrogens with one attached hydrogen (secondary N) is 2. The second kappa shape index (κ2) is 14.4. The summed E-state index contributed by atoms with van der Waals surface area (Å²) in [5.74, 6) is 6.67. The zero-order valence-corrected chi connectivity index (χ0v) is 27.3. The fraction of sp³-hybridized carbons (Fsp3) is 0.853. The van der Waals surface area contributed by atoms with E-state index >= 15 is 0 Å². The van der Waals surface area contributed by atoms with Crippen molar-refractivity contribution >= 4 is 18.2 Å². The summed E-state index contributed by atoms with van der Waals surface area (Å²) in [6.45, 7) is 16.8. The van der Waals surface area contributed by atoms with Crippen molar-refractivity contribution in [2.45, 2.75) is 125 Å². The molecule has 3 rings (SSSR count). The average molecular weight is 589 g/mol. The molecule has 2 amide bonds. The highest BCUT2D eigenvalue weighted by molar-refractivity contribution is 5.81. The number of ether oxygens (including phenoxy) is 3. The summed E-state index contributed by atoms with van der Waals surface area (Å²) in [6.07, 6.45) is 9.01. The third kappa shape index (κ3) is 7.19. The molecule has 8 heteroatoms. The third-order valence-electron chi connectivity index (χ3n) is 11.5. The third-order valence-corrected chi connectivity index (χ3v) is 11.5. The highest BCUT2D eigenvalue weighted by atomic mass is 16.6. The lowest BCUT2D eigenvalue weighted by atomic mass is 9.87. The molecule has 42 heavy (non-hydrogen) atoms. The highest BCUT2D eigenvalue weighted by Crippen LogP contribution is 2.74. The maximum Gasteiger partial charge on any atom is 0.407 e. The van der Waals surface area contributed by atoms with Gasteiger partial charge >= 0.3 is 18.2 Å². The topological polar surface area (TPSA) is 103 Å². The van der Waals surface area contributed by atoms with Crippen molar-refractivity contribution in [3.8, 4) is 11.8 Å². The second-order valence-electron chi connectivity index (χ2n) is 13.7. The van der Waals surface area contributed by atoms with Crippen molar-refractivity contribution in [3.63, 3.8) is 0 Å². The number of fused-ring (bicyclic) bond motifs is 1. The molecular formula is C34H56N2O6. The summed E-state index contributed by atoms with van der Waals surface area (Å²) < 4.78 is 16.4. The van der Waals surface area contributed by atoms with Crippen LogP contribution in [0.15, 0.2) is 0 Å². The number of hydrogen-bond acceptors (Lipinski definition) is 6. The number of unbranched alkanes of at least 4 members (excludes halogenated alkanes) is 1. The lowest BCUT2D eigenvalue weighted by molar-refractivity contribution is -0.145. The molecule has 2 unspecified atom stereocenters. The van der Waals surface area contributed by atoms with E-state index in [1.807, 2.05) is 0 Å². The van der Waals surface area contributed by atoms with Gasteiger partial charge in [0.05, 0.1) is 19.8 Å². The van der Waals surface area contributed by atoms with Gasteiger partial charge in [-0.2, -0.15) is 0 Å². The van der Waals surface area contributed by atoms with Crippen LogP contribution in [0.25, 0.3) is 0 Å². The van der Waals surface area contributed by atoms with Crippen LogP contribution in [0.4, 0.5) is 9.59 Å². The van der Waals surface area contributed by atoms with Gasteiger partial charge in [-0.05, 0) is 73.5 Å². The van der Waals surface area contributed by atoms with Crippen LogP contribution >= 0.6 is 0 Å². The van der Waals surface area contributed by atoms with Gasteiger partial charge in [-0.25, -0.2) is 14.4 Å². The van der Waals surface area contributed by atoms with Crippen molar-refractivity contribution in [3.05, 3.63) is 0 Å². The number of amides is 2. The van der Waals surface area contributed by atoms with Gasteiger partial charge in [-0.15, -0.1) is 11.8 Å². The first-order valence-corrected chi connectivity index (χ1v) is 16.4. The molecule has 2 saturated carbocycles. The number of hydrogen-bond donors (Lipinski definition) is 2. The van der Waals surface area contributed by atoms with E-state index in [2.05, 4.69) is 64.0 Å². The first kappa shape index (κ1) is 34.1. The molecule has 0 saturated heterocycles. The highest BCUT2D eigenvalue weighted by Gasteiger charge is 2.70. The van der Waals surface area contributed by atoms with E-state index in [4.69, 9.17) is 14.2 Å². The smallest absolute Gasteiger partial charge is 0.407 e. The van der Waals surface area contributed by atoms with Gasteiger partial charge in [0, 0.05) is 31.2 Å². The molecule has 0 aromatic heterocycles. The molecule has 2 N–H and O–H groups in total. The largest absolute Gasteiger partial charge is 0.464 e. The Bertz CT molecular complexity index is 979. The monoisotopic (exact) mass is 588 g/mol.